The lowest BCUT2D eigenvalue weighted by molar-refractivity contribution is -0.164. The van der Waals surface area contributed by atoms with Gasteiger partial charge in [0.1, 0.15) is 18.3 Å². The number of likely N-dealkylation sites (tertiary alicyclic amines) is 1. The number of carbonyl (C=O) groups is 3. The molecule has 10 heteroatoms. The fraction of sp³-hybridized carbons (Fsp3) is 0.640. The number of hydrogen-bond donors (Lipinski definition) is 1. The summed E-state index contributed by atoms with van der Waals surface area (Å²) < 4.78 is 28.0. The minimum absolute atomic E-state index is 0.0354. The largest absolute Gasteiger partial charge is 0.467 e. The van der Waals surface area contributed by atoms with Gasteiger partial charge in [-0.3, -0.25) is 4.90 Å². The van der Waals surface area contributed by atoms with E-state index in [-0.39, 0.29) is 26.2 Å². The van der Waals surface area contributed by atoms with E-state index in [0.717, 1.165) is 5.56 Å². The summed E-state index contributed by atoms with van der Waals surface area (Å²) >= 11 is 0. The summed E-state index contributed by atoms with van der Waals surface area (Å²) in [5.74, 6) is -1.62. The van der Waals surface area contributed by atoms with Crippen LogP contribution in [0.5, 0.6) is 0 Å². The van der Waals surface area contributed by atoms with Crippen molar-refractivity contribution >= 4 is 18.2 Å². The topological polar surface area (TPSA) is 113 Å². The molecule has 35 heavy (non-hydrogen) atoms. The second-order valence-corrected chi connectivity index (χ2v) is 10.2. The molecule has 1 N–H and O–H groups in total. The van der Waals surface area contributed by atoms with E-state index in [0.29, 0.717) is 6.42 Å². The Morgan fingerprint density at radius 1 is 1.20 bits per heavy atom. The van der Waals surface area contributed by atoms with E-state index >= 15 is 0 Å². The first-order valence-electron chi connectivity index (χ1n) is 11.8. The van der Waals surface area contributed by atoms with Crippen LogP contribution in [-0.2, 0) is 35.1 Å². The van der Waals surface area contributed by atoms with Crippen LogP contribution in [0.15, 0.2) is 30.3 Å². The van der Waals surface area contributed by atoms with Gasteiger partial charge in [-0.05, 0) is 53.0 Å². The Kier molecular flexibility index (Phi) is 7.96. The highest BCUT2D eigenvalue weighted by Crippen LogP contribution is 2.39. The van der Waals surface area contributed by atoms with E-state index in [9.17, 15) is 14.4 Å². The second kappa shape index (κ2) is 10.4. The third kappa shape index (κ3) is 6.24. The van der Waals surface area contributed by atoms with Gasteiger partial charge in [-0.1, -0.05) is 30.3 Å². The molecule has 3 atom stereocenters. The number of benzene rings is 1. The van der Waals surface area contributed by atoms with E-state index in [4.69, 9.17) is 23.7 Å². The fourth-order valence-corrected chi connectivity index (χ4v) is 4.57. The zero-order valence-corrected chi connectivity index (χ0v) is 21.3. The summed E-state index contributed by atoms with van der Waals surface area (Å²) in [6, 6.07) is 8.22. The minimum Gasteiger partial charge on any atom is -0.467 e. The van der Waals surface area contributed by atoms with Crippen LogP contribution in [0.25, 0.3) is 0 Å². The Labute approximate surface area is 206 Å². The van der Waals surface area contributed by atoms with Gasteiger partial charge in [-0.2, -0.15) is 0 Å². The van der Waals surface area contributed by atoms with Gasteiger partial charge in [0.25, 0.3) is 0 Å². The van der Waals surface area contributed by atoms with Crippen LogP contribution in [0.1, 0.15) is 53.0 Å². The summed E-state index contributed by atoms with van der Waals surface area (Å²) in [7, 11) is 1.25. The molecular weight excluding hydrogens is 456 g/mol. The van der Waals surface area contributed by atoms with Crippen LogP contribution >= 0.6 is 0 Å². The Morgan fingerprint density at radius 3 is 2.46 bits per heavy atom. The highest BCUT2D eigenvalue weighted by molar-refractivity contribution is 5.88. The molecule has 2 amide bonds. The number of rotatable bonds is 6. The zero-order chi connectivity index (χ0) is 25.9. The third-order valence-corrected chi connectivity index (χ3v) is 5.97. The number of ether oxygens (including phenoxy) is 5. The van der Waals surface area contributed by atoms with E-state index in [1.807, 2.05) is 30.3 Å². The van der Waals surface area contributed by atoms with Crippen molar-refractivity contribution in [2.45, 2.75) is 83.1 Å². The van der Waals surface area contributed by atoms with Crippen LogP contribution in [0, 0.1) is 0 Å². The summed E-state index contributed by atoms with van der Waals surface area (Å²) in [5, 5.41) is 2.79. The van der Waals surface area contributed by atoms with Crippen LogP contribution in [-0.4, -0.2) is 72.4 Å². The first kappa shape index (κ1) is 26.7. The molecule has 1 aromatic rings. The maximum absolute atomic E-state index is 13.4. The highest BCUT2D eigenvalue weighted by atomic mass is 16.7. The van der Waals surface area contributed by atoms with E-state index in [2.05, 4.69) is 5.32 Å². The van der Waals surface area contributed by atoms with Crippen molar-refractivity contribution in [3.05, 3.63) is 35.9 Å². The van der Waals surface area contributed by atoms with Crippen molar-refractivity contribution in [2.24, 2.45) is 0 Å². The Bertz CT molecular complexity index is 914. The number of nitrogens with one attached hydrogen (secondary N) is 1. The lowest BCUT2D eigenvalue weighted by atomic mass is 9.83. The molecule has 0 aromatic heterocycles. The lowest BCUT2D eigenvalue weighted by Crippen LogP contribution is -2.69. The molecule has 2 saturated heterocycles. The van der Waals surface area contributed by atoms with Gasteiger partial charge in [0.05, 0.1) is 19.8 Å². The number of esters is 1. The molecule has 2 heterocycles. The molecule has 2 aliphatic rings. The fourth-order valence-electron chi connectivity index (χ4n) is 4.57. The number of alkyl carbamates (subject to hydrolysis) is 1. The molecule has 1 aromatic carbocycles. The third-order valence-electron chi connectivity index (χ3n) is 5.97. The number of hydrogen-bond acceptors (Lipinski definition) is 8. The van der Waals surface area contributed by atoms with Crippen LogP contribution < -0.4 is 5.32 Å². The highest BCUT2D eigenvalue weighted by Gasteiger charge is 2.61. The van der Waals surface area contributed by atoms with Crippen molar-refractivity contribution < 1.29 is 38.1 Å². The predicted molar refractivity (Wildman–Crippen MR) is 125 cm³/mol. The number of methoxy groups -OCH3 is 1. The standard InChI is InChI=1S/C25H36N2O8/c1-23(2,3)35-21(29)26-19(18-16-33-24(4,5)34-18)25(20(28)31-6)13-10-14-27(25)22(30)32-15-17-11-8-7-9-12-17/h7-9,11-12,18-19H,10,13-16H2,1-6H3,(H,26,29)/t18-,19+,25-/m1/s1. The normalized spacial score (nSPS) is 24.5. The van der Waals surface area contributed by atoms with Crippen molar-refractivity contribution in [1.82, 2.24) is 10.2 Å². The first-order chi connectivity index (χ1) is 16.4. The second-order valence-electron chi connectivity index (χ2n) is 10.2. The van der Waals surface area contributed by atoms with Crippen molar-refractivity contribution in [3.8, 4) is 0 Å². The summed E-state index contributed by atoms with van der Waals surface area (Å²) in [6.07, 6.45) is -1.45. The quantitative estimate of drug-likeness (QED) is 0.475. The maximum atomic E-state index is 13.4. The van der Waals surface area contributed by atoms with Crippen LogP contribution in [0.3, 0.4) is 0 Å². The average Bonchev–Trinajstić information content (AvgIpc) is 3.38. The molecular formula is C25H36N2O8. The average molecular weight is 493 g/mol. The molecule has 0 bridgehead atoms. The monoisotopic (exact) mass is 492 g/mol. The van der Waals surface area contributed by atoms with Crippen LogP contribution in [0.4, 0.5) is 9.59 Å². The van der Waals surface area contributed by atoms with Gasteiger partial charge in [0.2, 0.25) is 0 Å². The van der Waals surface area contributed by atoms with E-state index < -0.39 is 47.2 Å². The molecule has 0 saturated carbocycles. The smallest absolute Gasteiger partial charge is 0.411 e. The molecule has 2 aliphatic heterocycles. The first-order valence-corrected chi connectivity index (χ1v) is 11.8. The van der Waals surface area contributed by atoms with Gasteiger partial charge in [-0.15, -0.1) is 0 Å². The van der Waals surface area contributed by atoms with Gasteiger partial charge in [0.15, 0.2) is 11.3 Å². The number of amides is 2. The number of carbonyl (C=O) groups excluding carboxylic acids is 3. The van der Waals surface area contributed by atoms with Crippen molar-refractivity contribution in [1.29, 1.82) is 0 Å². The maximum Gasteiger partial charge on any atom is 0.411 e. The number of nitrogens with zero attached hydrogens (tertiary/aromatic N) is 1. The Morgan fingerprint density at radius 2 is 1.89 bits per heavy atom. The molecule has 10 nitrogen and oxygen atoms in total. The van der Waals surface area contributed by atoms with Gasteiger partial charge >= 0.3 is 18.2 Å². The van der Waals surface area contributed by atoms with Gasteiger partial charge in [0, 0.05) is 6.54 Å². The van der Waals surface area contributed by atoms with Crippen LogP contribution in [0.2, 0.25) is 0 Å². The summed E-state index contributed by atoms with van der Waals surface area (Å²) in [4.78, 5) is 40.9. The molecule has 194 valence electrons. The molecule has 2 fully saturated rings. The lowest BCUT2D eigenvalue weighted by Gasteiger charge is -2.43. The Balaban J connectivity index is 1.94. The SMILES string of the molecule is COC(=O)[C@]1([C@@H](NC(=O)OC(C)(C)C)[C@H]2COC(C)(C)O2)CCCN1C(=O)OCc1ccccc1. The van der Waals surface area contributed by atoms with E-state index in [1.54, 1.807) is 34.6 Å². The van der Waals surface area contributed by atoms with Crippen molar-refractivity contribution in [2.75, 3.05) is 20.3 Å². The molecule has 0 radical (unpaired) electrons. The molecule has 0 aliphatic carbocycles. The predicted octanol–water partition coefficient (Wildman–Crippen LogP) is 3.38. The van der Waals surface area contributed by atoms with Crippen molar-refractivity contribution in [3.63, 3.8) is 0 Å². The van der Waals surface area contributed by atoms with Gasteiger partial charge in [-0.25, -0.2) is 14.4 Å². The van der Waals surface area contributed by atoms with Gasteiger partial charge < -0.3 is 29.0 Å². The minimum atomic E-state index is -1.58. The summed E-state index contributed by atoms with van der Waals surface area (Å²) in [5.41, 5.74) is -1.54. The molecule has 0 spiro atoms. The molecule has 0 unspecified atom stereocenters. The van der Waals surface area contributed by atoms with E-state index in [1.165, 1.54) is 12.0 Å². The zero-order valence-electron chi connectivity index (χ0n) is 21.3. The summed E-state index contributed by atoms with van der Waals surface area (Å²) in [6.45, 7) is 9.06. The molecule has 3 rings (SSSR count). The Hall–Kier alpha value is -2.85.